The molecule has 0 fully saturated rings. The largest absolute Gasteiger partial charge is 0.507 e. The molecule has 1 aromatic carbocycles. The monoisotopic (exact) mass is 254 g/mol. The number of aromatic hydroxyl groups is 1. The molecule has 1 aromatic rings. The molecular weight excluding hydrogens is 246 g/mol. The van der Waals surface area contributed by atoms with Crippen LogP contribution in [0, 0.1) is 6.92 Å². The van der Waals surface area contributed by atoms with Crippen LogP contribution in [-0.4, -0.2) is 14.0 Å². The molecule has 0 aliphatic heterocycles. The molecule has 14 heavy (non-hydrogen) atoms. The zero-order chi connectivity index (χ0) is 10.9. The normalized spacial score (nSPS) is 14.1. The molecule has 1 rings (SSSR count). The molecule has 0 bridgehead atoms. The number of aryl methyl sites for hydroxylation is 1. The number of hydrogen-bond donors (Lipinski definition) is 2. The van der Waals surface area contributed by atoms with E-state index in [-0.39, 0.29) is 11.3 Å². The maximum absolute atomic E-state index is 9.61. The van der Waals surface area contributed by atoms with Gasteiger partial charge >= 0.3 is 0 Å². The maximum atomic E-state index is 9.61. The summed E-state index contributed by atoms with van der Waals surface area (Å²) in [5.74, 6) is -0.0497. The second kappa shape index (κ2) is 4.15. The molecular formula is C9H9Cl3O2. The number of aliphatic hydroxyl groups is 1. The molecule has 0 heterocycles. The number of phenolic OH excluding ortho intramolecular Hbond substituents is 1. The third-order valence-corrected chi connectivity index (χ3v) is 2.49. The number of hydrogen-bond acceptors (Lipinski definition) is 2. The Labute approximate surface area is 97.0 Å². The molecule has 0 radical (unpaired) electrons. The van der Waals surface area contributed by atoms with Crippen LogP contribution in [0.3, 0.4) is 0 Å². The summed E-state index contributed by atoms with van der Waals surface area (Å²) < 4.78 is -1.84. The maximum Gasteiger partial charge on any atom is 0.220 e. The van der Waals surface area contributed by atoms with Crippen LogP contribution in [0.4, 0.5) is 0 Å². The van der Waals surface area contributed by atoms with Crippen molar-refractivity contribution in [2.75, 3.05) is 0 Å². The van der Waals surface area contributed by atoms with Gasteiger partial charge in [-0.25, -0.2) is 0 Å². The van der Waals surface area contributed by atoms with Crippen molar-refractivity contribution in [1.82, 2.24) is 0 Å². The molecule has 0 saturated heterocycles. The SMILES string of the molecule is Cc1cccc(C(O)C(Cl)(Cl)Cl)c1O. The predicted octanol–water partition coefficient (Wildman–Crippen LogP) is 3.10. The molecule has 2 nitrogen and oxygen atoms in total. The van der Waals surface area contributed by atoms with Crippen LogP contribution in [0.2, 0.25) is 0 Å². The molecule has 0 amide bonds. The number of alkyl halides is 3. The zero-order valence-corrected chi connectivity index (χ0v) is 9.61. The van der Waals surface area contributed by atoms with Crippen LogP contribution in [0.15, 0.2) is 18.2 Å². The Morgan fingerprint density at radius 3 is 2.36 bits per heavy atom. The highest BCUT2D eigenvalue weighted by Gasteiger charge is 2.33. The minimum Gasteiger partial charge on any atom is -0.507 e. The fourth-order valence-electron chi connectivity index (χ4n) is 1.08. The lowest BCUT2D eigenvalue weighted by Crippen LogP contribution is -2.16. The van der Waals surface area contributed by atoms with Crippen LogP contribution in [-0.2, 0) is 0 Å². The molecule has 1 atom stereocenters. The van der Waals surface area contributed by atoms with Crippen LogP contribution in [0.5, 0.6) is 5.75 Å². The first-order chi connectivity index (χ1) is 6.34. The van der Waals surface area contributed by atoms with E-state index in [0.29, 0.717) is 5.56 Å². The van der Waals surface area contributed by atoms with Gasteiger partial charge in [0.1, 0.15) is 11.9 Å². The third-order valence-electron chi connectivity index (χ3n) is 1.87. The summed E-state index contributed by atoms with van der Waals surface area (Å²) in [6.45, 7) is 1.70. The highest BCUT2D eigenvalue weighted by atomic mass is 35.6. The van der Waals surface area contributed by atoms with Crippen molar-refractivity contribution in [1.29, 1.82) is 0 Å². The van der Waals surface area contributed by atoms with E-state index in [1.54, 1.807) is 19.1 Å². The van der Waals surface area contributed by atoms with Crippen LogP contribution < -0.4 is 0 Å². The lowest BCUT2D eigenvalue weighted by molar-refractivity contribution is 0.178. The van der Waals surface area contributed by atoms with Gasteiger partial charge in [-0.3, -0.25) is 0 Å². The zero-order valence-electron chi connectivity index (χ0n) is 7.34. The van der Waals surface area contributed by atoms with E-state index in [1.165, 1.54) is 6.07 Å². The number of aliphatic hydroxyl groups excluding tert-OH is 1. The summed E-state index contributed by atoms with van der Waals surface area (Å²) in [5.41, 5.74) is 0.834. The van der Waals surface area contributed by atoms with Gasteiger partial charge in [-0.05, 0) is 12.5 Å². The van der Waals surface area contributed by atoms with Crippen molar-refractivity contribution in [3.05, 3.63) is 29.3 Å². The van der Waals surface area contributed by atoms with Crippen molar-refractivity contribution in [2.24, 2.45) is 0 Å². The quantitative estimate of drug-likeness (QED) is 0.757. The molecule has 78 valence electrons. The van der Waals surface area contributed by atoms with Gasteiger partial charge in [-0.15, -0.1) is 0 Å². The lowest BCUT2D eigenvalue weighted by atomic mass is 10.1. The summed E-state index contributed by atoms with van der Waals surface area (Å²) in [6.07, 6.45) is -1.34. The smallest absolute Gasteiger partial charge is 0.220 e. The van der Waals surface area contributed by atoms with Crippen LogP contribution >= 0.6 is 34.8 Å². The number of phenols is 1. The van der Waals surface area contributed by atoms with Crippen molar-refractivity contribution < 1.29 is 10.2 Å². The number of halogens is 3. The van der Waals surface area contributed by atoms with E-state index in [0.717, 1.165) is 0 Å². The summed E-state index contributed by atoms with van der Waals surface area (Å²) in [7, 11) is 0. The van der Waals surface area contributed by atoms with Gasteiger partial charge in [0.25, 0.3) is 0 Å². The fraction of sp³-hybridized carbons (Fsp3) is 0.333. The summed E-state index contributed by atoms with van der Waals surface area (Å²) in [4.78, 5) is 0. The van der Waals surface area contributed by atoms with E-state index >= 15 is 0 Å². The average molecular weight is 256 g/mol. The van der Waals surface area contributed by atoms with Gasteiger partial charge in [-0.2, -0.15) is 0 Å². The predicted molar refractivity (Wildman–Crippen MR) is 58.1 cm³/mol. The Morgan fingerprint density at radius 2 is 1.86 bits per heavy atom. The minimum absolute atomic E-state index is 0.0497. The summed E-state index contributed by atoms with van der Waals surface area (Å²) in [5, 5.41) is 19.2. The standard InChI is InChI=1S/C9H9Cl3O2/c1-5-3-2-4-6(7(5)13)8(14)9(10,11)12/h2-4,8,13-14H,1H3. The molecule has 0 aliphatic carbocycles. The molecule has 2 N–H and O–H groups in total. The van der Waals surface area contributed by atoms with E-state index < -0.39 is 9.90 Å². The van der Waals surface area contributed by atoms with E-state index in [9.17, 15) is 10.2 Å². The van der Waals surface area contributed by atoms with Gasteiger partial charge in [0, 0.05) is 5.56 Å². The van der Waals surface area contributed by atoms with Crippen molar-refractivity contribution in [2.45, 2.75) is 16.8 Å². The molecule has 0 spiro atoms. The van der Waals surface area contributed by atoms with Gasteiger partial charge in [-0.1, -0.05) is 53.0 Å². The number of para-hydroxylation sites is 1. The van der Waals surface area contributed by atoms with Crippen molar-refractivity contribution >= 4 is 34.8 Å². The van der Waals surface area contributed by atoms with Crippen molar-refractivity contribution in [3.8, 4) is 5.75 Å². The second-order valence-corrected chi connectivity index (χ2v) is 5.33. The van der Waals surface area contributed by atoms with E-state index in [2.05, 4.69) is 0 Å². The summed E-state index contributed by atoms with van der Waals surface area (Å²) >= 11 is 16.5. The molecule has 0 aromatic heterocycles. The first kappa shape index (κ1) is 11.9. The number of benzene rings is 1. The van der Waals surface area contributed by atoms with Gasteiger partial charge < -0.3 is 10.2 Å². The average Bonchev–Trinajstić information content (AvgIpc) is 2.07. The Bertz CT molecular complexity index is 333. The van der Waals surface area contributed by atoms with Crippen LogP contribution in [0.25, 0.3) is 0 Å². The Kier molecular flexibility index (Phi) is 3.53. The Morgan fingerprint density at radius 1 is 1.29 bits per heavy atom. The van der Waals surface area contributed by atoms with Crippen LogP contribution in [0.1, 0.15) is 17.2 Å². The Balaban J connectivity index is 3.14. The fourth-order valence-corrected chi connectivity index (χ4v) is 1.43. The van der Waals surface area contributed by atoms with Gasteiger partial charge in [0.15, 0.2) is 0 Å². The molecule has 0 aliphatic rings. The summed E-state index contributed by atoms with van der Waals surface area (Å²) in [6, 6.07) is 4.88. The number of rotatable bonds is 1. The van der Waals surface area contributed by atoms with Gasteiger partial charge in [0.05, 0.1) is 0 Å². The molecule has 5 heteroatoms. The topological polar surface area (TPSA) is 40.5 Å². The highest BCUT2D eigenvalue weighted by Crippen LogP contribution is 2.42. The lowest BCUT2D eigenvalue weighted by Gasteiger charge is -2.20. The minimum atomic E-state index is -1.84. The third kappa shape index (κ3) is 2.45. The Hall–Kier alpha value is -0.150. The first-order valence-electron chi connectivity index (χ1n) is 3.87. The highest BCUT2D eigenvalue weighted by molar-refractivity contribution is 6.68. The molecule has 1 unspecified atom stereocenters. The second-order valence-electron chi connectivity index (χ2n) is 2.96. The van der Waals surface area contributed by atoms with E-state index in [4.69, 9.17) is 34.8 Å². The van der Waals surface area contributed by atoms with E-state index in [1.807, 2.05) is 0 Å². The van der Waals surface area contributed by atoms with Gasteiger partial charge in [0.2, 0.25) is 3.79 Å². The first-order valence-corrected chi connectivity index (χ1v) is 5.00. The molecule has 0 saturated carbocycles. The van der Waals surface area contributed by atoms with Crippen molar-refractivity contribution in [3.63, 3.8) is 0 Å².